The van der Waals surface area contributed by atoms with Gasteiger partial charge in [-0.1, -0.05) is 0 Å². The fourth-order valence-electron chi connectivity index (χ4n) is 3.47. The van der Waals surface area contributed by atoms with Crippen LogP contribution in [0.3, 0.4) is 0 Å². The molecule has 66 valence electrons. The van der Waals surface area contributed by atoms with Gasteiger partial charge in [-0.15, -0.1) is 0 Å². The lowest BCUT2D eigenvalue weighted by molar-refractivity contribution is -0.152. The lowest BCUT2D eigenvalue weighted by Crippen LogP contribution is -2.34. The third-order valence-electron chi connectivity index (χ3n) is 3.99. The van der Waals surface area contributed by atoms with Gasteiger partial charge in [-0.3, -0.25) is 4.79 Å². The average molecular weight is 166 g/mol. The van der Waals surface area contributed by atoms with Gasteiger partial charge in [-0.25, -0.2) is 0 Å². The number of ether oxygens (including phenoxy) is 1. The van der Waals surface area contributed by atoms with Crippen molar-refractivity contribution in [3.8, 4) is 0 Å². The quantitative estimate of drug-likeness (QED) is 0.513. The largest absolute Gasteiger partial charge is 0.459 e. The van der Waals surface area contributed by atoms with Crippen LogP contribution in [0.15, 0.2) is 0 Å². The lowest BCUT2D eigenvalue weighted by atomic mass is 9.82. The summed E-state index contributed by atoms with van der Waals surface area (Å²) in [4.78, 5) is 11.1. The summed E-state index contributed by atoms with van der Waals surface area (Å²) >= 11 is 0. The average Bonchev–Trinajstić information content (AvgIpc) is 2.67. The van der Waals surface area contributed by atoms with Crippen LogP contribution in [0.25, 0.3) is 0 Å². The van der Waals surface area contributed by atoms with Crippen LogP contribution in [0.2, 0.25) is 0 Å². The first-order chi connectivity index (χ1) is 5.78. The predicted octanol–water partition coefficient (Wildman–Crippen LogP) is 1.88. The molecule has 0 aromatic heterocycles. The molecule has 3 atom stereocenters. The van der Waals surface area contributed by atoms with Crippen molar-refractivity contribution in [2.24, 2.45) is 11.8 Å². The number of esters is 1. The number of hydrogen-bond donors (Lipinski definition) is 0. The molecule has 2 bridgehead atoms. The number of fused-ring (bicyclic) bond motifs is 3. The fourth-order valence-corrected chi connectivity index (χ4v) is 3.47. The summed E-state index contributed by atoms with van der Waals surface area (Å²) in [6.07, 6.45) is 6.86. The summed E-state index contributed by atoms with van der Waals surface area (Å²) in [5.41, 5.74) is 0.0278. The Hall–Kier alpha value is -0.530. The molecule has 1 aliphatic heterocycles. The van der Waals surface area contributed by atoms with Crippen LogP contribution in [-0.4, -0.2) is 11.6 Å². The maximum Gasteiger partial charge on any atom is 0.306 e. The molecule has 3 rings (SSSR count). The number of carbonyl (C=O) groups is 1. The highest BCUT2D eigenvalue weighted by atomic mass is 16.6. The summed E-state index contributed by atoms with van der Waals surface area (Å²) in [6.45, 7) is 0. The van der Waals surface area contributed by atoms with Crippen LogP contribution < -0.4 is 0 Å². The van der Waals surface area contributed by atoms with E-state index in [1.54, 1.807) is 0 Å². The highest BCUT2D eigenvalue weighted by molar-refractivity contribution is 5.72. The fraction of sp³-hybridized carbons (Fsp3) is 0.900. The molecule has 2 saturated carbocycles. The van der Waals surface area contributed by atoms with Gasteiger partial charge in [0.2, 0.25) is 0 Å². The minimum Gasteiger partial charge on any atom is -0.459 e. The van der Waals surface area contributed by atoms with Gasteiger partial charge in [0.25, 0.3) is 0 Å². The van der Waals surface area contributed by atoms with E-state index in [1.165, 1.54) is 25.7 Å². The van der Waals surface area contributed by atoms with Crippen molar-refractivity contribution in [3.05, 3.63) is 0 Å². The first-order valence-electron chi connectivity index (χ1n) is 5.00. The molecule has 0 aromatic rings. The van der Waals surface area contributed by atoms with E-state index in [2.05, 4.69) is 0 Å². The van der Waals surface area contributed by atoms with E-state index in [-0.39, 0.29) is 11.6 Å². The topological polar surface area (TPSA) is 26.3 Å². The van der Waals surface area contributed by atoms with Crippen molar-refractivity contribution < 1.29 is 9.53 Å². The van der Waals surface area contributed by atoms with Crippen LogP contribution in [0.5, 0.6) is 0 Å². The van der Waals surface area contributed by atoms with Crippen molar-refractivity contribution in [3.63, 3.8) is 0 Å². The maximum absolute atomic E-state index is 11.1. The zero-order chi connectivity index (χ0) is 8.18. The Labute approximate surface area is 72.3 Å². The second-order valence-corrected chi connectivity index (χ2v) is 4.62. The Bertz CT molecular complexity index is 236. The van der Waals surface area contributed by atoms with E-state index < -0.39 is 0 Å². The number of hydrogen-bond acceptors (Lipinski definition) is 2. The van der Waals surface area contributed by atoms with Crippen molar-refractivity contribution in [1.29, 1.82) is 0 Å². The molecule has 2 nitrogen and oxygen atoms in total. The summed E-state index contributed by atoms with van der Waals surface area (Å²) in [5.74, 6) is 1.64. The Kier molecular flexibility index (Phi) is 1.18. The standard InChI is InChI=1S/C10H14O2/c11-9-3-4-10(12-9)6-7-1-2-8(10)5-7/h7-8H,1-6H2. The van der Waals surface area contributed by atoms with Crippen molar-refractivity contribution >= 4 is 5.97 Å². The normalized spacial score (nSPS) is 50.5. The second kappa shape index (κ2) is 2.04. The summed E-state index contributed by atoms with van der Waals surface area (Å²) in [5, 5.41) is 0. The molecule has 0 N–H and O–H groups in total. The Balaban J connectivity index is 1.88. The van der Waals surface area contributed by atoms with E-state index in [4.69, 9.17) is 4.74 Å². The van der Waals surface area contributed by atoms with Crippen LogP contribution in [-0.2, 0) is 9.53 Å². The van der Waals surface area contributed by atoms with E-state index in [0.29, 0.717) is 12.3 Å². The van der Waals surface area contributed by atoms with E-state index in [1.807, 2.05) is 0 Å². The molecule has 1 spiro atoms. The molecule has 1 saturated heterocycles. The number of rotatable bonds is 0. The van der Waals surface area contributed by atoms with Gasteiger partial charge < -0.3 is 4.74 Å². The van der Waals surface area contributed by atoms with Gasteiger partial charge in [0.05, 0.1) is 0 Å². The molecule has 2 aliphatic carbocycles. The molecule has 3 aliphatic rings. The SMILES string of the molecule is O=C1CCC2(CC3CCC2C3)O1. The first kappa shape index (κ1) is 6.93. The lowest BCUT2D eigenvalue weighted by Gasteiger charge is -2.31. The number of carbonyl (C=O) groups excluding carboxylic acids is 1. The van der Waals surface area contributed by atoms with Crippen molar-refractivity contribution in [2.45, 2.75) is 44.1 Å². The molecule has 0 radical (unpaired) electrons. The van der Waals surface area contributed by atoms with Gasteiger partial charge in [0.15, 0.2) is 0 Å². The smallest absolute Gasteiger partial charge is 0.306 e. The van der Waals surface area contributed by atoms with Crippen LogP contribution >= 0.6 is 0 Å². The van der Waals surface area contributed by atoms with Gasteiger partial charge >= 0.3 is 5.97 Å². The Morgan fingerprint density at radius 1 is 1.42 bits per heavy atom. The Morgan fingerprint density at radius 3 is 2.83 bits per heavy atom. The molecule has 0 aromatic carbocycles. The highest BCUT2D eigenvalue weighted by Gasteiger charge is 2.55. The van der Waals surface area contributed by atoms with Crippen molar-refractivity contribution in [1.82, 2.24) is 0 Å². The zero-order valence-electron chi connectivity index (χ0n) is 7.21. The van der Waals surface area contributed by atoms with Gasteiger partial charge in [0, 0.05) is 6.42 Å². The van der Waals surface area contributed by atoms with Crippen molar-refractivity contribution in [2.75, 3.05) is 0 Å². The minimum absolute atomic E-state index is 0.0278. The monoisotopic (exact) mass is 166 g/mol. The van der Waals surface area contributed by atoms with E-state index in [0.717, 1.165) is 12.3 Å². The maximum atomic E-state index is 11.1. The van der Waals surface area contributed by atoms with Crippen LogP contribution in [0.1, 0.15) is 38.5 Å². The Morgan fingerprint density at radius 2 is 2.33 bits per heavy atom. The van der Waals surface area contributed by atoms with E-state index >= 15 is 0 Å². The third kappa shape index (κ3) is 0.732. The highest BCUT2D eigenvalue weighted by Crippen LogP contribution is 2.56. The molecular weight excluding hydrogens is 152 g/mol. The summed E-state index contributed by atoms with van der Waals surface area (Å²) < 4.78 is 5.50. The second-order valence-electron chi connectivity index (χ2n) is 4.62. The van der Waals surface area contributed by atoms with Gasteiger partial charge in [0.1, 0.15) is 5.60 Å². The zero-order valence-corrected chi connectivity index (χ0v) is 7.21. The molecule has 2 heteroatoms. The van der Waals surface area contributed by atoms with Crippen LogP contribution in [0.4, 0.5) is 0 Å². The molecule has 1 heterocycles. The molecule has 3 unspecified atom stereocenters. The molecule has 3 fully saturated rings. The third-order valence-corrected chi connectivity index (χ3v) is 3.99. The van der Waals surface area contributed by atoms with Gasteiger partial charge in [-0.05, 0) is 43.9 Å². The molecule has 0 amide bonds. The predicted molar refractivity (Wildman–Crippen MR) is 43.5 cm³/mol. The summed E-state index contributed by atoms with van der Waals surface area (Å²) in [7, 11) is 0. The van der Waals surface area contributed by atoms with Gasteiger partial charge in [-0.2, -0.15) is 0 Å². The first-order valence-corrected chi connectivity index (χ1v) is 5.00. The molecular formula is C10H14O2. The van der Waals surface area contributed by atoms with Crippen LogP contribution in [0, 0.1) is 11.8 Å². The minimum atomic E-state index is 0.0278. The molecule has 12 heavy (non-hydrogen) atoms. The van der Waals surface area contributed by atoms with E-state index in [9.17, 15) is 4.79 Å². The summed E-state index contributed by atoms with van der Waals surface area (Å²) in [6, 6.07) is 0.